The quantitative estimate of drug-likeness (QED) is 0.498. The van der Waals surface area contributed by atoms with Gasteiger partial charge in [-0.1, -0.05) is 60.7 Å². The minimum atomic E-state index is -3.82. The van der Waals surface area contributed by atoms with Gasteiger partial charge >= 0.3 is 5.69 Å². The summed E-state index contributed by atoms with van der Waals surface area (Å²) < 4.78 is 28.8. The summed E-state index contributed by atoms with van der Waals surface area (Å²) in [5.41, 5.74) is 2.30. The molecule has 136 valence electrons. The maximum Gasteiger partial charge on any atom is 0.323 e. The van der Waals surface area contributed by atoms with Crippen molar-refractivity contribution in [1.82, 2.24) is 14.7 Å². The molecule has 0 saturated heterocycles. The van der Waals surface area contributed by atoms with Crippen LogP contribution in [0, 0.1) is 0 Å². The number of hydrogen-bond donors (Lipinski definition) is 3. The van der Waals surface area contributed by atoms with Gasteiger partial charge in [0.25, 0.3) is 0 Å². The summed E-state index contributed by atoms with van der Waals surface area (Å²) in [5, 5.41) is 0. The zero-order valence-electron chi connectivity index (χ0n) is 14.2. The summed E-state index contributed by atoms with van der Waals surface area (Å²) in [6.45, 7) is 0. The summed E-state index contributed by atoms with van der Waals surface area (Å²) in [5.74, 6) is 0. The molecule has 0 amide bonds. The highest BCUT2D eigenvalue weighted by Crippen LogP contribution is 2.25. The first-order valence-electron chi connectivity index (χ1n) is 8.37. The SMILES string of the molecule is O=c1[nH]c2ccc(S(=O)(=O)NC(c3ccccc3)c3ccccc3)cc2[nH]1. The van der Waals surface area contributed by atoms with Crippen molar-refractivity contribution < 1.29 is 8.42 Å². The largest absolute Gasteiger partial charge is 0.323 e. The Morgan fingerprint density at radius 2 is 1.30 bits per heavy atom. The molecule has 7 heteroatoms. The van der Waals surface area contributed by atoms with E-state index in [1.54, 1.807) is 6.07 Å². The van der Waals surface area contributed by atoms with Crippen molar-refractivity contribution in [3.8, 4) is 0 Å². The molecule has 0 bridgehead atoms. The van der Waals surface area contributed by atoms with E-state index < -0.39 is 16.1 Å². The molecule has 0 atom stereocenters. The van der Waals surface area contributed by atoms with Crippen molar-refractivity contribution in [2.24, 2.45) is 0 Å². The fraction of sp³-hybridized carbons (Fsp3) is 0.0500. The molecule has 27 heavy (non-hydrogen) atoms. The van der Waals surface area contributed by atoms with Crippen LogP contribution in [0.5, 0.6) is 0 Å². The summed E-state index contributed by atoms with van der Waals surface area (Å²) in [6.07, 6.45) is 0. The van der Waals surface area contributed by atoms with Gasteiger partial charge in [-0.25, -0.2) is 13.2 Å². The molecule has 0 unspecified atom stereocenters. The molecule has 0 aliphatic carbocycles. The Kier molecular flexibility index (Phi) is 4.39. The zero-order valence-corrected chi connectivity index (χ0v) is 15.0. The number of nitrogens with one attached hydrogen (secondary N) is 3. The molecule has 0 aliphatic heterocycles. The molecule has 0 aliphatic rings. The molecule has 4 aromatic rings. The van der Waals surface area contributed by atoms with E-state index in [-0.39, 0.29) is 10.6 Å². The van der Waals surface area contributed by atoms with E-state index in [0.29, 0.717) is 11.0 Å². The fourth-order valence-electron chi connectivity index (χ4n) is 3.02. The van der Waals surface area contributed by atoms with E-state index in [0.717, 1.165) is 11.1 Å². The zero-order chi connectivity index (χ0) is 18.9. The number of fused-ring (bicyclic) bond motifs is 1. The standard InChI is InChI=1S/C20H17N3O3S/c24-20-21-17-12-11-16(13-18(17)22-20)27(25,26)23-19(14-7-3-1-4-8-14)15-9-5-2-6-10-15/h1-13,19,23H,(H2,21,22,24). The Morgan fingerprint density at radius 1 is 0.741 bits per heavy atom. The fourth-order valence-corrected chi connectivity index (χ4v) is 4.26. The lowest BCUT2D eigenvalue weighted by Gasteiger charge is -2.20. The van der Waals surface area contributed by atoms with Crippen LogP contribution in [0.1, 0.15) is 17.2 Å². The first-order valence-corrected chi connectivity index (χ1v) is 9.85. The molecule has 0 radical (unpaired) electrons. The third-order valence-corrected chi connectivity index (χ3v) is 5.76. The van der Waals surface area contributed by atoms with Gasteiger partial charge in [-0.05, 0) is 29.3 Å². The van der Waals surface area contributed by atoms with Crippen LogP contribution < -0.4 is 10.4 Å². The van der Waals surface area contributed by atoms with Crippen LogP contribution in [0.25, 0.3) is 11.0 Å². The normalized spacial score (nSPS) is 11.9. The number of H-pyrrole nitrogens is 2. The average molecular weight is 379 g/mol. The van der Waals surface area contributed by atoms with Crippen molar-refractivity contribution in [1.29, 1.82) is 0 Å². The van der Waals surface area contributed by atoms with Crippen LogP contribution in [0.4, 0.5) is 0 Å². The van der Waals surface area contributed by atoms with Crippen molar-refractivity contribution in [2.45, 2.75) is 10.9 Å². The second-order valence-electron chi connectivity index (χ2n) is 6.16. The minimum Gasteiger partial charge on any atom is -0.306 e. The smallest absolute Gasteiger partial charge is 0.306 e. The minimum absolute atomic E-state index is 0.0853. The molecule has 3 aromatic carbocycles. The van der Waals surface area contributed by atoms with Crippen LogP contribution in [0.2, 0.25) is 0 Å². The molecular formula is C20H17N3O3S. The second-order valence-corrected chi connectivity index (χ2v) is 7.88. The summed E-state index contributed by atoms with van der Waals surface area (Å²) in [6, 6.07) is 22.7. The van der Waals surface area contributed by atoms with E-state index in [2.05, 4.69) is 14.7 Å². The predicted octanol–water partition coefficient (Wildman–Crippen LogP) is 2.92. The van der Waals surface area contributed by atoms with Gasteiger partial charge in [0.15, 0.2) is 0 Å². The van der Waals surface area contributed by atoms with Gasteiger partial charge in [-0.2, -0.15) is 4.72 Å². The van der Waals surface area contributed by atoms with Gasteiger partial charge in [0.05, 0.1) is 22.0 Å². The van der Waals surface area contributed by atoms with E-state index >= 15 is 0 Å². The summed E-state index contributed by atoms with van der Waals surface area (Å²) in [4.78, 5) is 16.7. The second kappa shape index (κ2) is 6.86. The molecule has 6 nitrogen and oxygen atoms in total. The third kappa shape index (κ3) is 3.55. The highest BCUT2D eigenvalue weighted by Gasteiger charge is 2.23. The van der Waals surface area contributed by atoms with Gasteiger partial charge in [0.2, 0.25) is 10.0 Å². The maximum absolute atomic E-state index is 13.0. The van der Waals surface area contributed by atoms with E-state index in [9.17, 15) is 13.2 Å². The molecule has 1 aromatic heterocycles. The van der Waals surface area contributed by atoms with Crippen LogP contribution in [-0.2, 0) is 10.0 Å². The Morgan fingerprint density at radius 3 is 1.89 bits per heavy atom. The molecule has 1 heterocycles. The van der Waals surface area contributed by atoms with Crippen LogP contribution in [-0.4, -0.2) is 18.4 Å². The summed E-state index contributed by atoms with van der Waals surface area (Å²) >= 11 is 0. The van der Waals surface area contributed by atoms with Gasteiger partial charge in [-0.3, -0.25) is 0 Å². The molecule has 4 rings (SSSR count). The number of aromatic nitrogens is 2. The van der Waals surface area contributed by atoms with Crippen LogP contribution in [0.15, 0.2) is 88.6 Å². The molecular weight excluding hydrogens is 362 g/mol. The number of imidazole rings is 1. The topological polar surface area (TPSA) is 94.8 Å². The van der Waals surface area contributed by atoms with Crippen molar-refractivity contribution in [3.05, 3.63) is 100 Å². The predicted molar refractivity (Wildman–Crippen MR) is 104 cm³/mol. The Labute approximate surface area is 155 Å². The summed E-state index contributed by atoms with van der Waals surface area (Å²) in [7, 11) is -3.82. The monoisotopic (exact) mass is 379 g/mol. The van der Waals surface area contributed by atoms with E-state index in [1.165, 1.54) is 12.1 Å². The number of benzene rings is 3. The maximum atomic E-state index is 13.0. The van der Waals surface area contributed by atoms with Gasteiger partial charge < -0.3 is 9.97 Å². The number of hydrogen-bond acceptors (Lipinski definition) is 3. The first-order chi connectivity index (χ1) is 13.0. The molecule has 3 N–H and O–H groups in total. The number of sulfonamides is 1. The van der Waals surface area contributed by atoms with Crippen molar-refractivity contribution in [2.75, 3.05) is 0 Å². The van der Waals surface area contributed by atoms with E-state index in [4.69, 9.17) is 0 Å². The van der Waals surface area contributed by atoms with Gasteiger partial charge in [-0.15, -0.1) is 0 Å². The molecule has 0 spiro atoms. The van der Waals surface area contributed by atoms with Crippen molar-refractivity contribution in [3.63, 3.8) is 0 Å². The third-order valence-electron chi connectivity index (χ3n) is 4.34. The lowest BCUT2D eigenvalue weighted by molar-refractivity contribution is 0.572. The van der Waals surface area contributed by atoms with E-state index in [1.807, 2.05) is 60.7 Å². The van der Waals surface area contributed by atoms with Gasteiger partial charge in [0.1, 0.15) is 0 Å². The lowest BCUT2D eigenvalue weighted by atomic mass is 10.00. The first kappa shape index (κ1) is 17.3. The Hall–Kier alpha value is -3.16. The molecule has 0 fully saturated rings. The van der Waals surface area contributed by atoms with Crippen molar-refractivity contribution >= 4 is 21.1 Å². The number of aromatic amines is 2. The molecule has 0 saturated carbocycles. The van der Waals surface area contributed by atoms with Crippen LogP contribution in [0.3, 0.4) is 0 Å². The highest BCUT2D eigenvalue weighted by atomic mass is 32.2. The Balaban J connectivity index is 1.75. The number of rotatable bonds is 5. The lowest BCUT2D eigenvalue weighted by Crippen LogP contribution is -2.29. The van der Waals surface area contributed by atoms with Crippen LogP contribution >= 0.6 is 0 Å². The van der Waals surface area contributed by atoms with Gasteiger partial charge in [0, 0.05) is 0 Å². The average Bonchev–Trinajstić information content (AvgIpc) is 3.07. The highest BCUT2D eigenvalue weighted by molar-refractivity contribution is 7.89. The Bertz CT molecular complexity index is 1190.